The molecule has 130 valence electrons. The van der Waals surface area contributed by atoms with E-state index < -0.39 is 48.3 Å². The molecule has 0 aromatic rings. The lowest BCUT2D eigenvalue weighted by molar-refractivity contribution is -0.192. The first kappa shape index (κ1) is 20.6. The van der Waals surface area contributed by atoms with Crippen molar-refractivity contribution in [1.29, 1.82) is 0 Å². The molecule has 23 heavy (non-hydrogen) atoms. The molecule has 0 bridgehead atoms. The van der Waals surface area contributed by atoms with Crippen LogP contribution in [0.5, 0.6) is 0 Å². The van der Waals surface area contributed by atoms with Gasteiger partial charge in [0.05, 0.1) is 0 Å². The second kappa shape index (κ2) is 9.60. The molecule has 0 saturated heterocycles. The summed E-state index contributed by atoms with van der Waals surface area (Å²) < 4.78 is 20.2. The van der Waals surface area contributed by atoms with E-state index in [4.69, 9.17) is 18.9 Å². The van der Waals surface area contributed by atoms with E-state index >= 15 is 0 Å². The highest BCUT2D eigenvalue weighted by Gasteiger charge is 2.40. The van der Waals surface area contributed by atoms with Gasteiger partial charge in [-0.2, -0.15) is 0 Å². The van der Waals surface area contributed by atoms with Crippen molar-refractivity contribution in [3.63, 3.8) is 0 Å². The zero-order valence-corrected chi connectivity index (χ0v) is 13.9. The fraction of sp³-hybridized carbons (Fsp3) is 0.600. The van der Waals surface area contributed by atoms with Gasteiger partial charge in [0.2, 0.25) is 0 Å². The summed E-state index contributed by atoms with van der Waals surface area (Å²) in [5.74, 6) is -2.63. The Bertz CT molecular complexity index is 470. The Labute approximate surface area is 134 Å². The van der Waals surface area contributed by atoms with E-state index in [0.717, 1.165) is 20.8 Å². The summed E-state index contributed by atoms with van der Waals surface area (Å²) in [6, 6.07) is 0. The van der Waals surface area contributed by atoms with Gasteiger partial charge in [0.25, 0.3) is 0 Å². The van der Waals surface area contributed by atoms with Crippen LogP contribution in [-0.4, -0.2) is 48.3 Å². The maximum Gasteiger partial charge on any atom is 0.303 e. The molecule has 0 saturated carbocycles. The summed E-state index contributed by atoms with van der Waals surface area (Å²) in [6.07, 6.45) is -3.20. The van der Waals surface area contributed by atoms with Crippen molar-refractivity contribution in [1.82, 2.24) is 0 Å². The topological polar surface area (TPSA) is 105 Å². The molecule has 0 unspecified atom stereocenters. The quantitative estimate of drug-likeness (QED) is 0.367. The highest BCUT2D eigenvalue weighted by Crippen LogP contribution is 2.19. The first-order valence-electron chi connectivity index (χ1n) is 6.89. The smallest absolute Gasteiger partial charge is 0.303 e. The van der Waals surface area contributed by atoms with Crippen molar-refractivity contribution in [2.75, 3.05) is 0 Å². The van der Waals surface area contributed by atoms with E-state index in [0.29, 0.717) is 0 Å². The molecule has 0 fully saturated rings. The zero-order valence-electron chi connectivity index (χ0n) is 13.9. The van der Waals surface area contributed by atoms with E-state index in [-0.39, 0.29) is 0 Å². The van der Waals surface area contributed by atoms with Gasteiger partial charge in [-0.05, 0) is 13.0 Å². The Morgan fingerprint density at radius 2 is 1.13 bits per heavy atom. The van der Waals surface area contributed by atoms with Crippen LogP contribution in [0, 0.1) is 0 Å². The van der Waals surface area contributed by atoms with Crippen LogP contribution in [0.4, 0.5) is 0 Å². The third-order valence-electron chi connectivity index (χ3n) is 2.60. The fourth-order valence-corrected chi connectivity index (χ4v) is 1.90. The lowest BCUT2D eigenvalue weighted by atomic mass is 10.0. The maximum atomic E-state index is 11.4. The van der Waals surface area contributed by atoms with E-state index in [2.05, 4.69) is 6.58 Å². The molecule has 0 rings (SSSR count). The molecule has 0 spiro atoms. The SMILES string of the molecule is C=C[C@@H](OC(C)=O)[C@H](OC(C)=O)[C@@H](OC(C)=O)[C@H](C)OC(C)=O. The third-order valence-corrected chi connectivity index (χ3v) is 2.60. The van der Waals surface area contributed by atoms with Crippen LogP contribution < -0.4 is 0 Å². The van der Waals surface area contributed by atoms with E-state index in [9.17, 15) is 19.2 Å². The van der Waals surface area contributed by atoms with E-state index in [1.54, 1.807) is 0 Å². The normalized spacial score (nSPS) is 15.3. The number of esters is 4. The molecule has 0 N–H and O–H groups in total. The Kier molecular flexibility index (Phi) is 8.61. The summed E-state index contributed by atoms with van der Waals surface area (Å²) in [4.78, 5) is 45.0. The van der Waals surface area contributed by atoms with Gasteiger partial charge in [-0.1, -0.05) is 6.58 Å². The lowest BCUT2D eigenvalue weighted by Gasteiger charge is -2.33. The Balaban J connectivity index is 5.62. The number of hydrogen-bond acceptors (Lipinski definition) is 8. The van der Waals surface area contributed by atoms with E-state index in [1.807, 2.05) is 0 Å². The molecular weight excluding hydrogens is 308 g/mol. The molecule has 0 heterocycles. The van der Waals surface area contributed by atoms with Crippen LogP contribution in [0.3, 0.4) is 0 Å². The minimum atomic E-state index is -1.22. The highest BCUT2D eigenvalue weighted by atomic mass is 16.6. The number of hydrogen-bond donors (Lipinski definition) is 0. The standard InChI is InChI=1S/C15H22O8/c1-7-13(21-10(4)17)15(23-12(6)19)14(22-11(5)18)8(2)20-9(3)16/h7-8,13-15H,1H2,2-6H3/t8-,13+,14-,15-/m0/s1. The summed E-state index contributed by atoms with van der Waals surface area (Å²) in [5, 5.41) is 0. The number of ether oxygens (including phenoxy) is 4. The predicted molar refractivity (Wildman–Crippen MR) is 78.1 cm³/mol. The maximum absolute atomic E-state index is 11.4. The predicted octanol–water partition coefficient (Wildman–Crippen LogP) is 0.919. The molecule has 0 aromatic heterocycles. The highest BCUT2D eigenvalue weighted by molar-refractivity contribution is 5.69. The molecule has 0 aliphatic rings. The van der Waals surface area contributed by atoms with Crippen LogP contribution >= 0.6 is 0 Å². The van der Waals surface area contributed by atoms with Crippen LogP contribution in [-0.2, 0) is 38.1 Å². The zero-order chi connectivity index (χ0) is 18.2. The van der Waals surface area contributed by atoms with Crippen molar-refractivity contribution in [3.8, 4) is 0 Å². The summed E-state index contributed by atoms with van der Waals surface area (Å²) in [7, 11) is 0. The molecule has 0 aliphatic carbocycles. The summed E-state index contributed by atoms with van der Waals surface area (Å²) >= 11 is 0. The Morgan fingerprint density at radius 1 is 0.739 bits per heavy atom. The van der Waals surface area contributed by atoms with Gasteiger partial charge in [0, 0.05) is 27.7 Å². The molecule has 8 nitrogen and oxygen atoms in total. The van der Waals surface area contributed by atoms with E-state index in [1.165, 1.54) is 19.9 Å². The Morgan fingerprint density at radius 3 is 1.48 bits per heavy atom. The lowest BCUT2D eigenvalue weighted by Crippen LogP contribution is -2.50. The van der Waals surface area contributed by atoms with Gasteiger partial charge >= 0.3 is 23.9 Å². The van der Waals surface area contributed by atoms with Crippen molar-refractivity contribution >= 4 is 23.9 Å². The van der Waals surface area contributed by atoms with Crippen LogP contribution in [0.2, 0.25) is 0 Å². The second-order valence-electron chi connectivity index (χ2n) is 4.77. The minimum Gasteiger partial charge on any atom is -0.459 e. The van der Waals surface area contributed by atoms with Crippen molar-refractivity contribution in [2.45, 2.75) is 59.0 Å². The van der Waals surface area contributed by atoms with Gasteiger partial charge in [0.1, 0.15) is 6.10 Å². The number of carbonyl (C=O) groups is 4. The monoisotopic (exact) mass is 330 g/mol. The summed E-state index contributed by atoms with van der Waals surface area (Å²) in [5.41, 5.74) is 0. The van der Waals surface area contributed by atoms with Gasteiger partial charge in [-0.3, -0.25) is 19.2 Å². The first-order valence-corrected chi connectivity index (χ1v) is 6.89. The molecule has 8 heteroatoms. The van der Waals surface area contributed by atoms with Gasteiger partial charge in [0.15, 0.2) is 18.3 Å². The van der Waals surface area contributed by atoms with Crippen LogP contribution in [0.25, 0.3) is 0 Å². The summed E-state index contributed by atoms with van der Waals surface area (Å²) in [6.45, 7) is 9.60. The van der Waals surface area contributed by atoms with Crippen LogP contribution in [0.15, 0.2) is 12.7 Å². The number of carbonyl (C=O) groups excluding carboxylic acids is 4. The molecule has 0 amide bonds. The van der Waals surface area contributed by atoms with Crippen molar-refractivity contribution < 1.29 is 38.1 Å². The Hall–Kier alpha value is -2.38. The third kappa shape index (κ3) is 7.98. The largest absolute Gasteiger partial charge is 0.459 e. The van der Waals surface area contributed by atoms with Gasteiger partial charge in [-0.15, -0.1) is 0 Å². The first-order chi connectivity index (χ1) is 10.6. The van der Waals surface area contributed by atoms with Crippen molar-refractivity contribution in [2.24, 2.45) is 0 Å². The molecule has 0 aromatic carbocycles. The molecular formula is C15H22O8. The average molecular weight is 330 g/mol. The molecule has 0 radical (unpaired) electrons. The molecule has 0 aliphatic heterocycles. The van der Waals surface area contributed by atoms with Gasteiger partial charge in [-0.25, -0.2) is 0 Å². The minimum absolute atomic E-state index is 0.612. The average Bonchev–Trinajstić information content (AvgIpc) is 2.38. The van der Waals surface area contributed by atoms with Crippen molar-refractivity contribution in [3.05, 3.63) is 12.7 Å². The van der Waals surface area contributed by atoms with Crippen LogP contribution in [0.1, 0.15) is 34.6 Å². The fourth-order valence-electron chi connectivity index (χ4n) is 1.90. The number of rotatable bonds is 8. The van der Waals surface area contributed by atoms with Gasteiger partial charge < -0.3 is 18.9 Å². The second-order valence-corrected chi connectivity index (χ2v) is 4.77. The molecule has 4 atom stereocenters.